The van der Waals surface area contributed by atoms with Crippen LogP contribution < -0.4 is 0 Å². The standard InChI is InChI=1S/C15H18N4O2/c1-10-8-13(20-17-10)15-16-14(18-21-15)12-6-4-11(5-7-12)9-19(2)3/h4-7,13H,8-9H2,1-3H3. The number of hydrogen-bond donors (Lipinski definition) is 0. The second-order valence-corrected chi connectivity index (χ2v) is 5.52. The highest BCUT2D eigenvalue weighted by atomic mass is 16.7. The van der Waals surface area contributed by atoms with Gasteiger partial charge in [-0.1, -0.05) is 34.6 Å². The van der Waals surface area contributed by atoms with Crippen molar-refractivity contribution in [3.63, 3.8) is 0 Å². The molecule has 3 rings (SSSR count). The molecule has 1 unspecified atom stereocenters. The Morgan fingerprint density at radius 3 is 2.62 bits per heavy atom. The lowest BCUT2D eigenvalue weighted by Crippen LogP contribution is -2.10. The van der Waals surface area contributed by atoms with Gasteiger partial charge >= 0.3 is 0 Å². The quantitative estimate of drug-likeness (QED) is 0.864. The van der Waals surface area contributed by atoms with E-state index in [1.807, 2.05) is 33.2 Å². The van der Waals surface area contributed by atoms with Crippen molar-refractivity contribution in [3.05, 3.63) is 35.7 Å². The molecule has 0 saturated heterocycles. The van der Waals surface area contributed by atoms with E-state index >= 15 is 0 Å². The van der Waals surface area contributed by atoms with Crippen LogP contribution in [0, 0.1) is 0 Å². The van der Waals surface area contributed by atoms with Crippen molar-refractivity contribution in [2.75, 3.05) is 14.1 Å². The summed E-state index contributed by atoms with van der Waals surface area (Å²) >= 11 is 0. The Kier molecular flexibility index (Phi) is 3.70. The number of rotatable bonds is 4. The van der Waals surface area contributed by atoms with Crippen LogP contribution in [0.2, 0.25) is 0 Å². The maximum absolute atomic E-state index is 5.28. The lowest BCUT2D eigenvalue weighted by Gasteiger charge is -2.09. The third-order valence-corrected chi connectivity index (χ3v) is 3.24. The minimum Gasteiger partial charge on any atom is -0.382 e. The third-order valence-electron chi connectivity index (χ3n) is 3.24. The van der Waals surface area contributed by atoms with Crippen LogP contribution in [0.5, 0.6) is 0 Å². The van der Waals surface area contributed by atoms with Crippen LogP contribution in [0.3, 0.4) is 0 Å². The smallest absolute Gasteiger partial charge is 0.271 e. The molecule has 6 heteroatoms. The van der Waals surface area contributed by atoms with Crippen LogP contribution in [0.1, 0.15) is 30.9 Å². The molecule has 1 aliphatic rings. The van der Waals surface area contributed by atoms with Gasteiger partial charge in [0.25, 0.3) is 5.89 Å². The van der Waals surface area contributed by atoms with Crippen molar-refractivity contribution in [3.8, 4) is 11.4 Å². The van der Waals surface area contributed by atoms with E-state index in [0.29, 0.717) is 18.1 Å². The topological polar surface area (TPSA) is 63.8 Å². The maximum Gasteiger partial charge on any atom is 0.271 e. The Morgan fingerprint density at radius 1 is 1.24 bits per heavy atom. The lowest BCUT2D eigenvalue weighted by molar-refractivity contribution is 0.0599. The highest BCUT2D eigenvalue weighted by Crippen LogP contribution is 2.27. The van der Waals surface area contributed by atoms with Crippen molar-refractivity contribution in [2.24, 2.45) is 5.16 Å². The Labute approximate surface area is 123 Å². The molecule has 2 heterocycles. The molecule has 0 saturated carbocycles. The largest absolute Gasteiger partial charge is 0.382 e. The van der Waals surface area contributed by atoms with E-state index in [-0.39, 0.29) is 6.10 Å². The zero-order valence-corrected chi connectivity index (χ0v) is 12.4. The van der Waals surface area contributed by atoms with Crippen molar-refractivity contribution in [2.45, 2.75) is 26.0 Å². The molecular formula is C15H18N4O2. The molecule has 2 aromatic rings. The fourth-order valence-corrected chi connectivity index (χ4v) is 2.24. The van der Waals surface area contributed by atoms with E-state index in [1.165, 1.54) is 5.56 Å². The molecule has 0 N–H and O–H groups in total. The Morgan fingerprint density at radius 2 is 2.00 bits per heavy atom. The Balaban J connectivity index is 1.74. The van der Waals surface area contributed by atoms with Crippen LogP contribution in [0.25, 0.3) is 11.4 Å². The predicted molar refractivity (Wildman–Crippen MR) is 78.7 cm³/mol. The highest BCUT2D eigenvalue weighted by Gasteiger charge is 2.26. The van der Waals surface area contributed by atoms with Gasteiger partial charge in [-0.05, 0) is 26.6 Å². The van der Waals surface area contributed by atoms with Crippen LogP contribution >= 0.6 is 0 Å². The summed E-state index contributed by atoms with van der Waals surface area (Å²) in [7, 11) is 4.09. The van der Waals surface area contributed by atoms with Crippen molar-refractivity contribution < 1.29 is 9.36 Å². The number of aromatic nitrogens is 2. The van der Waals surface area contributed by atoms with Gasteiger partial charge in [-0.2, -0.15) is 4.98 Å². The highest BCUT2D eigenvalue weighted by molar-refractivity contribution is 5.82. The van der Waals surface area contributed by atoms with E-state index in [2.05, 4.69) is 32.3 Å². The monoisotopic (exact) mass is 286 g/mol. The first-order valence-electron chi connectivity index (χ1n) is 6.89. The Hall–Kier alpha value is -2.21. The summed E-state index contributed by atoms with van der Waals surface area (Å²) in [6.45, 7) is 2.82. The normalized spacial score (nSPS) is 17.9. The first-order valence-corrected chi connectivity index (χ1v) is 6.89. The molecule has 1 aliphatic heterocycles. The van der Waals surface area contributed by atoms with E-state index in [9.17, 15) is 0 Å². The van der Waals surface area contributed by atoms with Gasteiger partial charge in [-0.25, -0.2) is 0 Å². The zero-order valence-electron chi connectivity index (χ0n) is 12.4. The van der Waals surface area contributed by atoms with Crippen LogP contribution in [0.15, 0.2) is 33.9 Å². The van der Waals surface area contributed by atoms with Gasteiger partial charge < -0.3 is 14.3 Å². The minimum absolute atomic E-state index is 0.251. The second-order valence-electron chi connectivity index (χ2n) is 5.52. The van der Waals surface area contributed by atoms with Crippen molar-refractivity contribution in [1.29, 1.82) is 0 Å². The third kappa shape index (κ3) is 3.11. The summed E-state index contributed by atoms with van der Waals surface area (Å²) in [4.78, 5) is 11.8. The van der Waals surface area contributed by atoms with Gasteiger partial charge in [0, 0.05) is 18.5 Å². The van der Waals surface area contributed by atoms with Gasteiger partial charge in [-0.3, -0.25) is 0 Å². The number of hydrogen-bond acceptors (Lipinski definition) is 6. The van der Waals surface area contributed by atoms with Crippen molar-refractivity contribution in [1.82, 2.24) is 15.0 Å². The summed E-state index contributed by atoms with van der Waals surface area (Å²) in [5.41, 5.74) is 3.12. The first-order chi connectivity index (χ1) is 10.1. The zero-order chi connectivity index (χ0) is 14.8. The van der Waals surface area contributed by atoms with Gasteiger partial charge in [0.05, 0.1) is 5.71 Å². The minimum atomic E-state index is -0.251. The molecule has 0 spiro atoms. The lowest BCUT2D eigenvalue weighted by atomic mass is 10.1. The maximum atomic E-state index is 5.28. The van der Waals surface area contributed by atoms with E-state index in [0.717, 1.165) is 17.8 Å². The van der Waals surface area contributed by atoms with Gasteiger partial charge in [0.2, 0.25) is 11.9 Å². The van der Waals surface area contributed by atoms with Gasteiger partial charge in [-0.15, -0.1) is 0 Å². The van der Waals surface area contributed by atoms with E-state index in [1.54, 1.807) is 0 Å². The molecule has 6 nitrogen and oxygen atoms in total. The average molecular weight is 286 g/mol. The number of benzene rings is 1. The SMILES string of the molecule is CC1=NOC(c2nc(-c3ccc(CN(C)C)cc3)no2)C1. The molecule has 21 heavy (non-hydrogen) atoms. The molecule has 0 aliphatic carbocycles. The average Bonchev–Trinajstić information content (AvgIpc) is 3.07. The molecule has 1 aromatic carbocycles. The van der Waals surface area contributed by atoms with E-state index < -0.39 is 0 Å². The van der Waals surface area contributed by atoms with Crippen LogP contribution in [-0.2, 0) is 11.4 Å². The summed E-state index contributed by atoms with van der Waals surface area (Å²) in [5.74, 6) is 1.05. The van der Waals surface area contributed by atoms with Crippen LogP contribution in [-0.4, -0.2) is 34.8 Å². The van der Waals surface area contributed by atoms with Gasteiger partial charge in [0.1, 0.15) is 0 Å². The molecule has 0 radical (unpaired) electrons. The number of nitrogens with zero attached hydrogens (tertiary/aromatic N) is 4. The second kappa shape index (κ2) is 5.65. The first kappa shape index (κ1) is 13.8. The summed E-state index contributed by atoms with van der Waals surface area (Å²) < 4.78 is 5.28. The van der Waals surface area contributed by atoms with Gasteiger partial charge in [0.15, 0.2) is 0 Å². The molecular weight excluding hydrogens is 268 g/mol. The Bertz CT molecular complexity index is 646. The van der Waals surface area contributed by atoms with Crippen molar-refractivity contribution >= 4 is 5.71 Å². The number of oxime groups is 1. The molecule has 1 aromatic heterocycles. The fourth-order valence-electron chi connectivity index (χ4n) is 2.24. The van der Waals surface area contributed by atoms with E-state index in [4.69, 9.17) is 9.36 Å². The molecule has 0 fully saturated rings. The molecule has 110 valence electrons. The summed E-state index contributed by atoms with van der Waals surface area (Å²) in [6, 6.07) is 8.16. The summed E-state index contributed by atoms with van der Waals surface area (Å²) in [6.07, 6.45) is 0.447. The molecule has 0 bridgehead atoms. The molecule has 0 amide bonds. The molecule has 1 atom stereocenters. The predicted octanol–water partition coefficient (Wildman–Crippen LogP) is 2.64. The fraction of sp³-hybridized carbons (Fsp3) is 0.400. The van der Waals surface area contributed by atoms with Crippen LogP contribution in [0.4, 0.5) is 0 Å². The summed E-state index contributed by atoms with van der Waals surface area (Å²) in [5, 5.41) is 7.92.